The number of rotatable bonds is 1. The van der Waals surface area contributed by atoms with Gasteiger partial charge in [-0.3, -0.25) is 0 Å². The fourth-order valence-electron chi connectivity index (χ4n) is 4.08. The average Bonchev–Trinajstić information content (AvgIpc) is 2.58. The molecule has 2 heterocycles. The van der Waals surface area contributed by atoms with Crippen LogP contribution in [0.5, 0.6) is 0 Å². The van der Waals surface area contributed by atoms with Crippen molar-refractivity contribution in [1.82, 2.24) is 9.80 Å². The molecule has 2 atom stereocenters. The van der Waals surface area contributed by atoms with Crippen molar-refractivity contribution in [2.24, 2.45) is 0 Å². The third-order valence-electron chi connectivity index (χ3n) is 5.42. The molecule has 0 aromatic heterocycles. The Bertz CT molecular complexity index is 713. The molecule has 0 saturated carbocycles. The molecule has 1 saturated heterocycles. The summed E-state index contributed by atoms with van der Waals surface area (Å²) < 4.78 is 4.62. The Morgan fingerprint density at radius 2 is 2.08 bits per heavy atom. The van der Waals surface area contributed by atoms with E-state index in [1.807, 2.05) is 26.8 Å². The molecule has 0 spiro atoms. The number of anilines is 1. The zero-order valence-corrected chi connectivity index (χ0v) is 15.2. The number of nitrogens with zero attached hydrogens (tertiary/aromatic N) is 2. The number of carbonyl (C=O) groups is 2. The third kappa shape index (κ3) is 2.58. The van der Waals surface area contributed by atoms with Crippen LogP contribution < -0.4 is 14.7 Å². The van der Waals surface area contributed by atoms with Gasteiger partial charge in [-0.15, -0.1) is 0 Å². The minimum atomic E-state index is -0.902. The highest BCUT2D eigenvalue weighted by atomic mass is 16.5. The van der Waals surface area contributed by atoms with Crippen molar-refractivity contribution in [1.29, 1.82) is 0 Å². The van der Waals surface area contributed by atoms with Crippen LogP contribution in [0.3, 0.4) is 0 Å². The van der Waals surface area contributed by atoms with Crippen LogP contribution in [0, 0.1) is 0 Å². The lowest BCUT2D eigenvalue weighted by molar-refractivity contribution is 0.0598. The topological polar surface area (TPSA) is 78.9 Å². The fourth-order valence-corrected chi connectivity index (χ4v) is 4.08. The summed E-state index contributed by atoms with van der Waals surface area (Å²) in [5.74, 6) is -0.456. The Hall–Kier alpha value is -2.12. The van der Waals surface area contributed by atoms with E-state index in [1.54, 1.807) is 12.1 Å². The number of hydrogen-bond acceptors (Lipinski definition) is 5. The molecule has 136 valence electrons. The van der Waals surface area contributed by atoms with Gasteiger partial charge >= 0.3 is 12.1 Å². The molecule has 1 aromatic carbocycles. The molecule has 2 aliphatic rings. The maximum atomic E-state index is 12.5. The van der Waals surface area contributed by atoms with Crippen molar-refractivity contribution in [3.05, 3.63) is 23.8 Å². The molecule has 1 fully saturated rings. The molecule has 1 amide bonds. The fraction of sp³-hybridized carbons (Fsp3) is 0.556. The summed E-state index contributed by atoms with van der Waals surface area (Å²) in [5, 5.41) is 13.6. The molecule has 1 aromatic rings. The normalized spacial score (nSPS) is 25.8. The first-order valence-electron chi connectivity index (χ1n) is 8.54. The monoisotopic (exact) mass is 348 g/mol. The maximum absolute atomic E-state index is 12.5. The van der Waals surface area contributed by atoms with E-state index in [1.165, 1.54) is 7.11 Å². The van der Waals surface area contributed by atoms with Gasteiger partial charge in [0.25, 0.3) is 0 Å². The van der Waals surface area contributed by atoms with Crippen LogP contribution in [0.25, 0.3) is 0 Å². The summed E-state index contributed by atoms with van der Waals surface area (Å²) in [4.78, 5) is 26.8. The molecule has 0 bridgehead atoms. The molecule has 7 heteroatoms. The average molecular weight is 348 g/mol. The summed E-state index contributed by atoms with van der Waals surface area (Å²) in [6.45, 7) is 8.67. The van der Waals surface area contributed by atoms with Crippen molar-refractivity contribution in [3.8, 4) is 0 Å². The molecule has 0 aliphatic carbocycles. The van der Waals surface area contributed by atoms with Crippen molar-refractivity contribution in [2.45, 2.75) is 32.4 Å². The van der Waals surface area contributed by atoms with E-state index in [0.717, 1.165) is 25.3 Å². The molecular weight excluding hydrogens is 322 g/mol. The van der Waals surface area contributed by atoms with Gasteiger partial charge in [-0.1, -0.05) is 0 Å². The molecule has 0 radical (unpaired) electrons. The highest BCUT2D eigenvalue weighted by Crippen LogP contribution is 2.46. The Kier molecular flexibility index (Phi) is 4.25. The summed E-state index contributed by atoms with van der Waals surface area (Å²) in [6, 6.07) is 5.37. The van der Waals surface area contributed by atoms with E-state index < -0.39 is 17.6 Å². The quantitative estimate of drug-likeness (QED) is 0.597. The first-order chi connectivity index (χ1) is 11.7. The first kappa shape index (κ1) is 17.7. The zero-order chi connectivity index (χ0) is 18.4. The Balaban J connectivity index is 2.27. The Labute approximate surface area is 147 Å². The van der Waals surface area contributed by atoms with E-state index >= 15 is 0 Å². The molecule has 2 aliphatic heterocycles. The van der Waals surface area contributed by atoms with Gasteiger partial charge in [0.15, 0.2) is 5.69 Å². The van der Waals surface area contributed by atoms with Gasteiger partial charge in [-0.2, -0.15) is 9.28 Å². The van der Waals surface area contributed by atoms with Crippen LogP contribution in [0.4, 0.5) is 16.2 Å². The predicted octanol–water partition coefficient (Wildman–Crippen LogP) is 2.05. The minimum absolute atomic E-state index is 0.0977. The van der Waals surface area contributed by atoms with Gasteiger partial charge in [0.2, 0.25) is 0 Å². The van der Waals surface area contributed by atoms with Crippen molar-refractivity contribution in [2.75, 3.05) is 38.2 Å². The molecule has 7 nitrogen and oxygen atoms in total. The maximum Gasteiger partial charge on any atom is 0.519 e. The van der Waals surface area contributed by atoms with E-state index in [9.17, 15) is 14.7 Å². The summed E-state index contributed by atoms with van der Waals surface area (Å²) in [7, 11) is 1.33. The second-order valence-corrected chi connectivity index (χ2v) is 7.69. The molecule has 2 N–H and O–H groups in total. The number of ether oxygens (including phenoxy) is 1. The van der Waals surface area contributed by atoms with Gasteiger partial charge in [-0.05, 0) is 32.9 Å². The van der Waals surface area contributed by atoms with Gasteiger partial charge in [0, 0.05) is 25.7 Å². The smallest absolute Gasteiger partial charge is 0.465 e. The van der Waals surface area contributed by atoms with Crippen LogP contribution in [-0.2, 0) is 4.74 Å². The number of esters is 1. The van der Waals surface area contributed by atoms with Crippen LogP contribution in [0.2, 0.25) is 0 Å². The molecule has 3 rings (SSSR count). The van der Waals surface area contributed by atoms with Crippen molar-refractivity contribution < 1.29 is 19.4 Å². The van der Waals surface area contributed by atoms with E-state index in [2.05, 4.69) is 10.2 Å². The highest BCUT2D eigenvalue weighted by molar-refractivity contribution is 5.96. The lowest BCUT2D eigenvalue weighted by atomic mass is 9.92. The number of hydrogen-bond donors (Lipinski definition) is 2. The number of quaternary nitrogens is 1. The lowest BCUT2D eigenvalue weighted by Gasteiger charge is -2.53. The van der Waals surface area contributed by atoms with Crippen molar-refractivity contribution >= 4 is 23.4 Å². The third-order valence-corrected chi connectivity index (χ3v) is 5.42. The number of amides is 1. The van der Waals surface area contributed by atoms with Crippen LogP contribution >= 0.6 is 0 Å². The summed E-state index contributed by atoms with van der Waals surface area (Å²) >= 11 is 0. The van der Waals surface area contributed by atoms with Crippen LogP contribution in [-0.4, -0.2) is 62.0 Å². The summed E-state index contributed by atoms with van der Waals surface area (Å²) in [6.07, 6.45) is -0.902. The van der Waals surface area contributed by atoms with E-state index in [-0.39, 0.29) is 10.5 Å². The number of carbonyl (C=O) groups excluding carboxylic acids is 1. The SMILES string of the molecule is COC(=O)c1ccc2c(c1)[N+](C(=O)O)(C(C)(C)C)CC1CNCCN21. The zero-order valence-electron chi connectivity index (χ0n) is 15.2. The predicted molar refractivity (Wildman–Crippen MR) is 96.2 cm³/mol. The van der Waals surface area contributed by atoms with Gasteiger partial charge in [0.05, 0.1) is 24.4 Å². The summed E-state index contributed by atoms with van der Waals surface area (Å²) in [5.41, 5.74) is 1.35. The molecule has 25 heavy (non-hydrogen) atoms. The second kappa shape index (κ2) is 6.00. The van der Waals surface area contributed by atoms with E-state index in [4.69, 9.17) is 4.74 Å². The van der Waals surface area contributed by atoms with Crippen LogP contribution in [0.15, 0.2) is 18.2 Å². The van der Waals surface area contributed by atoms with Gasteiger partial charge in [-0.25, -0.2) is 4.79 Å². The number of fused-ring (bicyclic) bond motifs is 3. The number of methoxy groups -OCH3 is 1. The van der Waals surface area contributed by atoms with Gasteiger partial charge in [0.1, 0.15) is 12.1 Å². The van der Waals surface area contributed by atoms with Crippen molar-refractivity contribution in [3.63, 3.8) is 0 Å². The van der Waals surface area contributed by atoms with E-state index in [0.29, 0.717) is 17.8 Å². The largest absolute Gasteiger partial charge is 0.519 e. The lowest BCUT2D eigenvalue weighted by Crippen LogP contribution is -2.73. The highest BCUT2D eigenvalue weighted by Gasteiger charge is 2.56. The Morgan fingerprint density at radius 3 is 2.68 bits per heavy atom. The first-order valence-corrected chi connectivity index (χ1v) is 8.54. The second-order valence-electron chi connectivity index (χ2n) is 7.69. The van der Waals surface area contributed by atoms with Gasteiger partial charge < -0.3 is 20.1 Å². The number of piperazine rings is 1. The molecule has 2 unspecified atom stereocenters. The number of nitrogens with one attached hydrogen (secondary N) is 1. The number of carboxylic acid groups (broad SMARTS) is 1. The molecular formula is C18H26N3O4+. The minimum Gasteiger partial charge on any atom is -0.465 e. The Morgan fingerprint density at radius 1 is 1.36 bits per heavy atom. The number of benzene rings is 1. The standard InChI is InChI=1S/C18H25N3O4/c1-18(2,3)21(17(23)24)11-13-10-19-7-8-20(13)14-6-5-12(9-15(14)21)16(22)25-4/h5-6,9,13,19H,7-8,10-11H2,1-4H3/p+1. The van der Waals surface area contributed by atoms with Crippen LogP contribution in [0.1, 0.15) is 31.1 Å².